The van der Waals surface area contributed by atoms with Crippen LogP contribution in [0.15, 0.2) is 24.3 Å². The van der Waals surface area contributed by atoms with Gasteiger partial charge < -0.3 is 16.8 Å². The zero-order chi connectivity index (χ0) is 15.3. The van der Waals surface area contributed by atoms with E-state index in [9.17, 15) is 22.8 Å². The summed E-state index contributed by atoms with van der Waals surface area (Å²) in [4.78, 5) is 22.1. The summed E-state index contributed by atoms with van der Waals surface area (Å²) in [6.07, 6.45) is -4.87. The zero-order valence-electron chi connectivity index (χ0n) is 10.8. The topological polar surface area (TPSA) is 98.2 Å². The Kier molecular flexibility index (Phi) is 7.17. The van der Waals surface area contributed by atoms with Crippen molar-refractivity contribution in [3.8, 4) is 0 Å². The van der Waals surface area contributed by atoms with Crippen LogP contribution >= 0.6 is 12.4 Å². The van der Waals surface area contributed by atoms with E-state index in [-0.39, 0.29) is 30.9 Å². The fourth-order valence-electron chi connectivity index (χ4n) is 1.57. The standard InChI is InChI=1S/C12H14F3N3O2.ClH/c13-12(14,15)8-4-2-1-3-7(8)6-18-11(20)9(16)5-10(17)19;/h1-4,9H,5-6,16H2,(H2,17,19)(H,18,20);1H. The maximum absolute atomic E-state index is 12.7. The third-order valence-electron chi connectivity index (χ3n) is 2.53. The molecule has 5 nitrogen and oxygen atoms in total. The van der Waals surface area contributed by atoms with Crippen LogP contribution < -0.4 is 16.8 Å². The van der Waals surface area contributed by atoms with E-state index < -0.39 is 29.6 Å². The Labute approximate surface area is 125 Å². The van der Waals surface area contributed by atoms with E-state index in [0.29, 0.717) is 0 Å². The normalized spacial score (nSPS) is 12.2. The lowest BCUT2D eigenvalue weighted by atomic mass is 10.1. The molecule has 9 heteroatoms. The molecule has 118 valence electrons. The first-order valence-corrected chi connectivity index (χ1v) is 5.68. The quantitative estimate of drug-likeness (QED) is 0.751. The molecule has 0 aliphatic rings. The molecule has 0 radical (unpaired) electrons. The number of primary amides is 1. The van der Waals surface area contributed by atoms with Gasteiger partial charge in [0.25, 0.3) is 0 Å². The van der Waals surface area contributed by atoms with Crippen LogP contribution in [0.3, 0.4) is 0 Å². The molecule has 1 aromatic carbocycles. The third-order valence-corrected chi connectivity index (χ3v) is 2.53. The van der Waals surface area contributed by atoms with E-state index >= 15 is 0 Å². The maximum Gasteiger partial charge on any atom is 0.416 e. The lowest BCUT2D eigenvalue weighted by molar-refractivity contribution is -0.138. The summed E-state index contributed by atoms with van der Waals surface area (Å²) in [5.74, 6) is -1.50. The zero-order valence-corrected chi connectivity index (χ0v) is 11.6. The number of amides is 2. The Morgan fingerprint density at radius 1 is 1.24 bits per heavy atom. The van der Waals surface area contributed by atoms with Gasteiger partial charge in [0.1, 0.15) is 0 Å². The summed E-state index contributed by atoms with van der Waals surface area (Å²) >= 11 is 0. The van der Waals surface area contributed by atoms with Crippen molar-refractivity contribution in [2.45, 2.75) is 25.2 Å². The van der Waals surface area contributed by atoms with E-state index in [1.54, 1.807) is 0 Å². The highest BCUT2D eigenvalue weighted by atomic mass is 35.5. The van der Waals surface area contributed by atoms with Crippen molar-refractivity contribution in [1.29, 1.82) is 0 Å². The Morgan fingerprint density at radius 3 is 2.33 bits per heavy atom. The van der Waals surface area contributed by atoms with Crippen LogP contribution in [0.5, 0.6) is 0 Å². The van der Waals surface area contributed by atoms with Gasteiger partial charge in [-0.3, -0.25) is 9.59 Å². The molecule has 0 saturated heterocycles. The fourth-order valence-corrected chi connectivity index (χ4v) is 1.57. The molecule has 0 bridgehead atoms. The number of nitrogens with two attached hydrogens (primary N) is 2. The number of nitrogens with one attached hydrogen (secondary N) is 1. The van der Waals surface area contributed by atoms with E-state index in [2.05, 4.69) is 5.32 Å². The number of carbonyl (C=O) groups excluding carboxylic acids is 2. The Morgan fingerprint density at radius 2 is 1.81 bits per heavy atom. The number of carbonyl (C=O) groups is 2. The Balaban J connectivity index is 0.00000400. The van der Waals surface area contributed by atoms with Gasteiger partial charge in [0.05, 0.1) is 18.0 Å². The first-order chi connectivity index (χ1) is 9.21. The molecule has 1 rings (SSSR count). The lowest BCUT2D eigenvalue weighted by Crippen LogP contribution is -2.42. The van der Waals surface area contributed by atoms with E-state index in [0.717, 1.165) is 6.07 Å². The molecule has 0 aromatic heterocycles. The van der Waals surface area contributed by atoms with Crippen molar-refractivity contribution in [1.82, 2.24) is 5.32 Å². The summed E-state index contributed by atoms with van der Waals surface area (Å²) in [5.41, 5.74) is 9.33. The van der Waals surface area contributed by atoms with Gasteiger partial charge >= 0.3 is 6.18 Å². The monoisotopic (exact) mass is 325 g/mol. The molecule has 0 saturated carbocycles. The molecular formula is C12H15ClF3N3O2. The van der Waals surface area contributed by atoms with Crippen molar-refractivity contribution in [3.63, 3.8) is 0 Å². The Hall–Kier alpha value is -1.80. The van der Waals surface area contributed by atoms with Crippen molar-refractivity contribution in [3.05, 3.63) is 35.4 Å². The van der Waals surface area contributed by atoms with Gasteiger partial charge in [-0.15, -0.1) is 12.4 Å². The second-order valence-corrected chi connectivity index (χ2v) is 4.15. The molecule has 1 unspecified atom stereocenters. The molecular weight excluding hydrogens is 311 g/mol. The minimum absolute atomic E-state index is 0. The predicted molar refractivity (Wildman–Crippen MR) is 72.3 cm³/mol. The van der Waals surface area contributed by atoms with Crippen LogP contribution in [0.4, 0.5) is 13.2 Å². The first-order valence-electron chi connectivity index (χ1n) is 5.68. The minimum Gasteiger partial charge on any atom is -0.370 e. The second-order valence-electron chi connectivity index (χ2n) is 4.15. The van der Waals surface area contributed by atoms with Crippen LogP contribution in [0.2, 0.25) is 0 Å². The van der Waals surface area contributed by atoms with Crippen LogP contribution in [0.25, 0.3) is 0 Å². The van der Waals surface area contributed by atoms with Crippen LogP contribution in [-0.2, 0) is 22.3 Å². The largest absolute Gasteiger partial charge is 0.416 e. The molecule has 5 N–H and O–H groups in total. The maximum atomic E-state index is 12.7. The highest BCUT2D eigenvalue weighted by molar-refractivity contribution is 5.87. The van der Waals surface area contributed by atoms with Crippen LogP contribution in [-0.4, -0.2) is 17.9 Å². The van der Waals surface area contributed by atoms with Crippen LogP contribution in [0, 0.1) is 0 Å². The highest BCUT2D eigenvalue weighted by Gasteiger charge is 2.32. The number of rotatable bonds is 5. The van der Waals surface area contributed by atoms with E-state index in [1.165, 1.54) is 18.2 Å². The van der Waals surface area contributed by atoms with Crippen molar-refractivity contribution in [2.75, 3.05) is 0 Å². The summed E-state index contributed by atoms with van der Waals surface area (Å²) < 4.78 is 38.1. The van der Waals surface area contributed by atoms with Crippen molar-refractivity contribution < 1.29 is 22.8 Å². The summed E-state index contributed by atoms with van der Waals surface area (Å²) in [6.45, 7) is -0.332. The molecule has 0 fully saturated rings. The number of benzene rings is 1. The predicted octanol–water partition coefficient (Wildman–Crippen LogP) is 0.946. The van der Waals surface area contributed by atoms with Gasteiger partial charge in [0.15, 0.2) is 0 Å². The van der Waals surface area contributed by atoms with Gasteiger partial charge in [0, 0.05) is 6.54 Å². The average molecular weight is 326 g/mol. The summed E-state index contributed by atoms with van der Waals surface area (Å²) in [5, 5.41) is 2.24. The van der Waals surface area contributed by atoms with Gasteiger partial charge in [0.2, 0.25) is 11.8 Å². The van der Waals surface area contributed by atoms with Crippen LogP contribution in [0.1, 0.15) is 17.5 Å². The highest BCUT2D eigenvalue weighted by Crippen LogP contribution is 2.31. The summed E-state index contributed by atoms with van der Waals surface area (Å²) in [7, 11) is 0. The minimum atomic E-state index is -4.50. The molecule has 1 atom stereocenters. The number of hydrogen-bond acceptors (Lipinski definition) is 3. The third kappa shape index (κ3) is 6.01. The SMILES string of the molecule is Cl.NC(=O)CC(N)C(=O)NCc1ccccc1C(F)(F)F. The number of alkyl halides is 3. The summed E-state index contributed by atoms with van der Waals surface area (Å²) in [6, 6.07) is 3.69. The van der Waals surface area contributed by atoms with Gasteiger partial charge in [-0.25, -0.2) is 0 Å². The van der Waals surface area contributed by atoms with E-state index in [1.807, 2.05) is 0 Å². The molecule has 21 heavy (non-hydrogen) atoms. The average Bonchev–Trinajstić information content (AvgIpc) is 2.34. The number of halogens is 4. The smallest absolute Gasteiger partial charge is 0.370 e. The lowest BCUT2D eigenvalue weighted by Gasteiger charge is -2.14. The molecule has 0 aliphatic carbocycles. The second kappa shape index (κ2) is 7.84. The molecule has 0 spiro atoms. The van der Waals surface area contributed by atoms with Gasteiger partial charge in [-0.1, -0.05) is 18.2 Å². The fraction of sp³-hybridized carbons (Fsp3) is 0.333. The van der Waals surface area contributed by atoms with Gasteiger partial charge in [-0.2, -0.15) is 13.2 Å². The van der Waals surface area contributed by atoms with E-state index in [4.69, 9.17) is 11.5 Å². The van der Waals surface area contributed by atoms with Crippen molar-refractivity contribution >= 4 is 24.2 Å². The molecule has 1 aromatic rings. The Bertz CT molecular complexity index is 509. The first kappa shape index (κ1) is 19.2. The molecule has 2 amide bonds. The van der Waals surface area contributed by atoms with Crippen molar-refractivity contribution in [2.24, 2.45) is 11.5 Å². The molecule has 0 aliphatic heterocycles. The van der Waals surface area contributed by atoms with Gasteiger partial charge in [-0.05, 0) is 11.6 Å². The molecule has 0 heterocycles. The number of hydrogen-bond donors (Lipinski definition) is 3.